The normalized spacial score (nSPS) is 11.0. The second-order valence-electron chi connectivity index (χ2n) is 5.47. The lowest BCUT2D eigenvalue weighted by Gasteiger charge is -2.12. The van der Waals surface area contributed by atoms with Crippen LogP contribution in [0.1, 0.15) is 39.5 Å². The lowest BCUT2D eigenvalue weighted by Crippen LogP contribution is -2.13. The molecule has 2 heteroatoms. The maximum atomic E-state index is 2.36. The van der Waals surface area contributed by atoms with Gasteiger partial charge in [-0.1, -0.05) is 68.8 Å². The van der Waals surface area contributed by atoms with Crippen LogP contribution in [0.4, 0.5) is 0 Å². The summed E-state index contributed by atoms with van der Waals surface area (Å²) in [4.78, 5) is 4.37. The third kappa shape index (κ3) is 5.40. The molecule has 22 heavy (non-hydrogen) atoms. The molecule has 0 saturated heterocycles. The van der Waals surface area contributed by atoms with Crippen LogP contribution in [0.3, 0.4) is 0 Å². The van der Waals surface area contributed by atoms with Gasteiger partial charge in [0.1, 0.15) is 11.5 Å². The Morgan fingerprint density at radius 2 is 1.36 bits per heavy atom. The number of benzene rings is 2. The molecule has 0 heterocycles. The van der Waals surface area contributed by atoms with Crippen LogP contribution in [-0.2, 0) is 10.9 Å². The van der Waals surface area contributed by atoms with Crippen LogP contribution in [0.5, 0.6) is 0 Å². The molecule has 2 aromatic carbocycles. The summed E-state index contributed by atoms with van der Waals surface area (Å²) in [6.07, 6.45) is 5.28. The molecule has 0 bridgehead atoms. The first-order chi connectivity index (χ1) is 10.8. The zero-order chi connectivity index (χ0) is 15.6. The van der Waals surface area contributed by atoms with Gasteiger partial charge in [0, 0.05) is 15.8 Å². The minimum absolute atomic E-state index is 0.406. The predicted molar refractivity (Wildman–Crippen MR) is 102 cm³/mol. The van der Waals surface area contributed by atoms with Crippen molar-refractivity contribution >= 4 is 22.7 Å². The van der Waals surface area contributed by atoms with E-state index in [0.29, 0.717) is 10.9 Å². The smallest absolute Gasteiger partial charge is 0.0848 e. The van der Waals surface area contributed by atoms with Crippen molar-refractivity contribution < 1.29 is 0 Å². The Hall–Kier alpha value is -0.860. The number of unbranched alkanes of at least 4 members (excludes halogenated alkanes) is 2. The average molecular weight is 332 g/mol. The third-order valence-electron chi connectivity index (χ3n) is 3.62. The molecule has 0 N–H and O–H groups in total. The maximum Gasteiger partial charge on any atom is 0.168 e. The Labute approximate surface area is 143 Å². The Bertz CT molecular complexity index is 528. The summed E-state index contributed by atoms with van der Waals surface area (Å²) in [5.74, 6) is 2.70. The fourth-order valence-corrected chi connectivity index (χ4v) is 6.23. The summed E-state index contributed by atoms with van der Waals surface area (Å²) < 4.78 is 0. The van der Waals surface area contributed by atoms with Crippen LogP contribution in [0.2, 0.25) is 0 Å². The first-order valence-electron chi connectivity index (χ1n) is 8.34. The molecule has 0 atom stereocenters. The number of hydrogen-bond donors (Lipinski definition) is 0. The molecular weight excluding hydrogens is 304 g/mol. The van der Waals surface area contributed by atoms with Crippen LogP contribution < -0.4 is 0 Å². The van der Waals surface area contributed by atoms with Crippen molar-refractivity contribution in [3.05, 3.63) is 54.6 Å². The monoisotopic (exact) mass is 331 g/mol. The van der Waals surface area contributed by atoms with Gasteiger partial charge in [-0.25, -0.2) is 0 Å². The lowest BCUT2D eigenvalue weighted by molar-refractivity contribution is 0.869. The molecule has 2 rings (SSSR count). The van der Waals surface area contributed by atoms with Gasteiger partial charge in [-0.2, -0.15) is 0 Å². The van der Waals surface area contributed by atoms with Crippen molar-refractivity contribution in [1.29, 1.82) is 0 Å². The molecule has 0 aliphatic carbocycles. The van der Waals surface area contributed by atoms with Gasteiger partial charge < -0.3 is 0 Å². The van der Waals surface area contributed by atoms with E-state index in [0.717, 1.165) is 0 Å². The van der Waals surface area contributed by atoms with Crippen LogP contribution in [0, 0.1) is 0 Å². The average Bonchev–Trinajstić information content (AvgIpc) is 2.57. The highest BCUT2D eigenvalue weighted by molar-refractivity contribution is 8.01. The molecule has 0 spiro atoms. The van der Waals surface area contributed by atoms with Gasteiger partial charge in [-0.15, -0.1) is 0 Å². The zero-order valence-corrected chi connectivity index (χ0v) is 15.4. The standard InChI is InChI=1S/C20H27S2/c1-3-5-16-22(17-6-4-2)20-15-11-10-14-19(20)21-18-12-8-7-9-13-18/h7-15H,3-6,16-17H2,1-2H3/q+1. The Morgan fingerprint density at radius 1 is 0.773 bits per heavy atom. The lowest BCUT2D eigenvalue weighted by atomic mass is 10.4. The van der Waals surface area contributed by atoms with E-state index in [1.165, 1.54) is 47.0 Å². The van der Waals surface area contributed by atoms with Gasteiger partial charge in [-0.3, -0.25) is 0 Å². The second-order valence-corrected chi connectivity index (χ2v) is 8.83. The summed E-state index contributed by atoms with van der Waals surface area (Å²) in [6, 6.07) is 19.8. The first-order valence-corrected chi connectivity index (χ1v) is 10.7. The SMILES string of the molecule is CCCC[S+](CCCC)c1ccccc1Sc1ccccc1. The highest BCUT2D eigenvalue weighted by Crippen LogP contribution is 2.34. The van der Waals surface area contributed by atoms with Crippen molar-refractivity contribution in [3.63, 3.8) is 0 Å². The highest BCUT2D eigenvalue weighted by atomic mass is 32.2. The van der Waals surface area contributed by atoms with Gasteiger partial charge in [-0.05, 0) is 37.1 Å². The largest absolute Gasteiger partial charge is 0.168 e. The van der Waals surface area contributed by atoms with E-state index in [1.807, 2.05) is 11.8 Å². The molecule has 0 aliphatic rings. The molecule has 0 aromatic heterocycles. The summed E-state index contributed by atoms with van der Waals surface area (Å²) in [5.41, 5.74) is 0. The van der Waals surface area contributed by atoms with E-state index in [1.54, 1.807) is 4.90 Å². The second kappa shape index (κ2) is 10.0. The predicted octanol–water partition coefficient (Wildman–Crippen LogP) is 6.42. The summed E-state index contributed by atoms with van der Waals surface area (Å²) in [7, 11) is 0.406. The third-order valence-corrected chi connectivity index (χ3v) is 7.37. The van der Waals surface area contributed by atoms with Crippen LogP contribution in [0.25, 0.3) is 0 Å². The molecule has 0 amide bonds. The van der Waals surface area contributed by atoms with Crippen molar-refractivity contribution in [3.8, 4) is 0 Å². The first kappa shape index (κ1) is 17.5. The van der Waals surface area contributed by atoms with Crippen molar-refractivity contribution in [2.75, 3.05) is 11.5 Å². The number of hydrogen-bond acceptors (Lipinski definition) is 1. The Balaban J connectivity index is 2.19. The molecule has 118 valence electrons. The van der Waals surface area contributed by atoms with Gasteiger partial charge in [0.05, 0.1) is 4.90 Å². The van der Waals surface area contributed by atoms with Gasteiger partial charge >= 0.3 is 0 Å². The molecule has 0 saturated carbocycles. The molecular formula is C20H27S2+. The fraction of sp³-hybridized carbons (Fsp3) is 0.400. The van der Waals surface area contributed by atoms with E-state index in [9.17, 15) is 0 Å². The van der Waals surface area contributed by atoms with Crippen LogP contribution >= 0.6 is 11.8 Å². The van der Waals surface area contributed by atoms with E-state index >= 15 is 0 Å². The molecule has 0 nitrogen and oxygen atoms in total. The molecule has 0 fully saturated rings. The van der Waals surface area contributed by atoms with E-state index < -0.39 is 0 Å². The molecule has 0 unspecified atom stereocenters. The quantitative estimate of drug-likeness (QED) is 0.478. The Morgan fingerprint density at radius 3 is 2.00 bits per heavy atom. The van der Waals surface area contributed by atoms with Crippen molar-refractivity contribution in [1.82, 2.24) is 0 Å². The van der Waals surface area contributed by atoms with Crippen LogP contribution in [0.15, 0.2) is 69.3 Å². The van der Waals surface area contributed by atoms with Crippen molar-refractivity contribution in [2.24, 2.45) is 0 Å². The van der Waals surface area contributed by atoms with Gasteiger partial charge in [0.25, 0.3) is 0 Å². The van der Waals surface area contributed by atoms with E-state index in [4.69, 9.17) is 0 Å². The van der Waals surface area contributed by atoms with Crippen LogP contribution in [-0.4, -0.2) is 11.5 Å². The number of rotatable bonds is 9. The topological polar surface area (TPSA) is 0 Å². The Kier molecular flexibility index (Phi) is 7.96. The van der Waals surface area contributed by atoms with E-state index in [2.05, 4.69) is 68.4 Å². The minimum atomic E-state index is 0.406. The molecule has 2 aromatic rings. The molecule has 0 radical (unpaired) electrons. The van der Waals surface area contributed by atoms with Gasteiger partial charge in [0.15, 0.2) is 4.90 Å². The summed E-state index contributed by atoms with van der Waals surface area (Å²) >= 11 is 1.92. The maximum absolute atomic E-state index is 2.36. The minimum Gasteiger partial charge on any atom is -0.0848 e. The van der Waals surface area contributed by atoms with Gasteiger partial charge in [0.2, 0.25) is 0 Å². The summed E-state index contributed by atoms with van der Waals surface area (Å²) in [6.45, 7) is 4.60. The highest BCUT2D eigenvalue weighted by Gasteiger charge is 2.24. The van der Waals surface area contributed by atoms with E-state index in [-0.39, 0.29) is 0 Å². The van der Waals surface area contributed by atoms with Crippen molar-refractivity contribution in [2.45, 2.75) is 54.2 Å². The molecule has 0 aliphatic heterocycles. The fourth-order valence-electron chi connectivity index (χ4n) is 2.35. The summed E-state index contributed by atoms with van der Waals surface area (Å²) in [5, 5.41) is 0. The zero-order valence-electron chi connectivity index (χ0n) is 13.8.